The van der Waals surface area contributed by atoms with Crippen LogP contribution in [0.5, 0.6) is 0 Å². The van der Waals surface area contributed by atoms with Gasteiger partial charge < -0.3 is 15.5 Å². The molecule has 2 N–H and O–H groups in total. The van der Waals surface area contributed by atoms with Crippen molar-refractivity contribution in [2.24, 2.45) is 0 Å². The van der Waals surface area contributed by atoms with Gasteiger partial charge in [0, 0.05) is 24.8 Å². The SMILES string of the molecule is Cc1nc(NCCN(C)C)cc(Nc2c(C)cccc2C)n1. The van der Waals surface area contributed by atoms with Crippen LogP contribution in [0.3, 0.4) is 0 Å². The number of aromatic nitrogens is 2. The molecule has 0 fully saturated rings. The minimum atomic E-state index is 0.753. The van der Waals surface area contributed by atoms with E-state index in [4.69, 9.17) is 0 Å². The van der Waals surface area contributed by atoms with E-state index in [1.54, 1.807) is 0 Å². The first kappa shape index (κ1) is 16.2. The molecule has 1 heterocycles. The Labute approximate surface area is 132 Å². The van der Waals surface area contributed by atoms with Crippen LogP contribution in [0.4, 0.5) is 17.3 Å². The number of nitrogens with zero attached hydrogens (tertiary/aromatic N) is 3. The summed E-state index contributed by atoms with van der Waals surface area (Å²) in [5.41, 5.74) is 3.52. The molecule has 0 radical (unpaired) electrons. The first-order chi connectivity index (χ1) is 10.5. The monoisotopic (exact) mass is 299 g/mol. The Morgan fingerprint density at radius 3 is 2.27 bits per heavy atom. The van der Waals surface area contributed by atoms with Crippen molar-refractivity contribution in [3.63, 3.8) is 0 Å². The van der Waals surface area contributed by atoms with Crippen LogP contribution in [0.15, 0.2) is 24.3 Å². The molecule has 0 amide bonds. The van der Waals surface area contributed by atoms with Gasteiger partial charge in [-0.25, -0.2) is 9.97 Å². The minimum absolute atomic E-state index is 0.753. The zero-order chi connectivity index (χ0) is 16.1. The van der Waals surface area contributed by atoms with Crippen LogP contribution in [0, 0.1) is 20.8 Å². The summed E-state index contributed by atoms with van der Waals surface area (Å²) in [5, 5.41) is 6.76. The lowest BCUT2D eigenvalue weighted by atomic mass is 10.1. The first-order valence-corrected chi connectivity index (χ1v) is 7.53. The molecule has 2 rings (SSSR count). The molecule has 0 aliphatic rings. The van der Waals surface area contributed by atoms with Crippen molar-refractivity contribution in [2.75, 3.05) is 37.8 Å². The second-order valence-electron chi connectivity index (χ2n) is 5.81. The number of para-hydroxylation sites is 1. The van der Waals surface area contributed by atoms with E-state index >= 15 is 0 Å². The van der Waals surface area contributed by atoms with Gasteiger partial charge in [0.05, 0.1) is 0 Å². The van der Waals surface area contributed by atoms with Crippen molar-refractivity contribution in [3.05, 3.63) is 41.2 Å². The molecule has 0 saturated carbocycles. The van der Waals surface area contributed by atoms with E-state index in [9.17, 15) is 0 Å². The standard InChI is InChI=1S/C17H25N5/c1-12-7-6-8-13(2)17(12)21-16-11-15(19-14(3)20-16)18-9-10-22(4)5/h6-8,11H,9-10H2,1-5H3,(H2,18,19,20,21). The van der Waals surface area contributed by atoms with Crippen LogP contribution in [0.25, 0.3) is 0 Å². The molecule has 0 saturated heterocycles. The Kier molecular flexibility index (Phi) is 5.33. The average Bonchev–Trinajstić information content (AvgIpc) is 2.42. The van der Waals surface area contributed by atoms with Gasteiger partial charge in [0.1, 0.15) is 17.5 Å². The summed E-state index contributed by atoms with van der Waals surface area (Å²) in [5.74, 6) is 2.42. The Hall–Kier alpha value is -2.14. The molecule has 118 valence electrons. The number of hydrogen-bond donors (Lipinski definition) is 2. The van der Waals surface area contributed by atoms with Gasteiger partial charge in [-0.1, -0.05) is 18.2 Å². The van der Waals surface area contributed by atoms with Crippen LogP contribution < -0.4 is 10.6 Å². The van der Waals surface area contributed by atoms with Crippen LogP contribution in [-0.2, 0) is 0 Å². The highest BCUT2D eigenvalue weighted by Crippen LogP contribution is 2.24. The zero-order valence-corrected chi connectivity index (χ0v) is 14.1. The van der Waals surface area contributed by atoms with Gasteiger partial charge in [-0.05, 0) is 46.0 Å². The summed E-state index contributed by atoms with van der Waals surface area (Å²) < 4.78 is 0. The molecule has 0 atom stereocenters. The maximum Gasteiger partial charge on any atom is 0.136 e. The second kappa shape index (κ2) is 7.22. The molecule has 5 heteroatoms. The number of hydrogen-bond acceptors (Lipinski definition) is 5. The number of aryl methyl sites for hydroxylation is 3. The molecular weight excluding hydrogens is 274 g/mol. The highest BCUT2D eigenvalue weighted by Gasteiger charge is 2.06. The first-order valence-electron chi connectivity index (χ1n) is 7.53. The Bertz CT molecular complexity index is 617. The van der Waals surface area contributed by atoms with E-state index < -0.39 is 0 Å². The molecule has 1 aromatic carbocycles. The van der Waals surface area contributed by atoms with Crippen LogP contribution in [0.2, 0.25) is 0 Å². The molecule has 0 bridgehead atoms. The molecule has 2 aromatic rings. The van der Waals surface area contributed by atoms with Gasteiger partial charge in [-0.2, -0.15) is 0 Å². The smallest absolute Gasteiger partial charge is 0.136 e. The number of anilines is 3. The van der Waals surface area contributed by atoms with Gasteiger partial charge in [0.2, 0.25) is 0 Å². The molecular formula is C17H25N5. The van der Waals surface area contributed by atoms with Gasteiger partial charge >= 0.3 is 0 Å². The van der Waals surface area contributed by atoms with Crippen molar-refractivity contribution in [3.8, 4) is 0 Å². The lowest BCUT2D eigenvalue weighted by Gasteiger charge is -2.14. The molecule has 0 aliphatic carbocycles. The summed E-state index contributed by atoms with van der Waals surface area (Å²) in [7, 11) is 4.11. The zero-order valence-electron chi connectivity index (χ0n) is 14.1. The summed E-state index contributed by atoms with van der Waals surface area (Å²) in [6.45, 7) is 7.92. The highest BCUT2D eigenvalue weighted by molar-refractivity contribution is 5.65. The van der Waals surface area contributed by atoms with E-state index in [0.29, 0.717) is 0 Å². The quantitative estimate of drug-likeness (QED) is 0.858. The third-order valence-electron chi connectivity index (χ3n) is 3.44. The van der Waals surface area contributed by atoms with Crippen molar-refractivity contribution >= 4 is 17.3 Å². The second-order valence-corrected chi connectivity index (χ2v) is 5.81. The predicted octanol–water partition coefficient (Wildman–Crippen LogP) is 3.12. The summed E-state index contributed by atoms with van der Waals surface area (Å²) in [6, 6.07) is 8.21. The predicted molar refractivity (Wildman–Crippen MR) is 93.0 cm³/mol. The summed E-state index contributed by atoms with van der Waals surface area (Å²) in [4.78, 5) is 11.1. The van der Waals surface area contributed by atoms with E-state index in [1.165, 1.54) is 11.1 Å². The lowest BCUT2D eigenvalue weighted by molar-refractivity contribution is 0.425. The Balaban J connectivity index is 2.16. The molecule has 5 nitrogen and oxygen atoms in total. The summed E-state index contributed by atoms with van der Waals surface area (Å²) >= 11 is 0. The number of rotatable bonds is 6. The van der Waals surface area contributed by atoms with Crippen LogP contribution in [-0.4, -0.2) is 42.1 Å². The van der Waals surface area contributed by atoms with Gasteiger partial charge in [-0.15, -0.1) is 0 Å². The van der Waals surface area contributed by atoms with Crippen molar-refractivity contribution in [1.29, 1.82) is 0 Å². The minimum Gasteiger partial charge on any atom is -0.369 e. The number of likely N-dealkylation sites (N-methyl/N-ethyl adjacent to an activating group) is 1. The summed E-state index contributed by atoms with van der Waals surface area (Å²) in [6.07, 6.45) is 0. The maximum atomic E-state index is 4.48. The fraction of sp³-hybridized carbons (Fsp3) is 0.412. The molecule has 0 aliphatic heterocycles. The van der Waals surface area contributed by atoms with E-state index in [1.807, 2.05) is 13.0 Å². The van der Waals surface area contributed by atoms with Gasteiger partial charge in [0.25, 0.3) is 0 Å². The normalized spacial score (nSPS) is 10.8. The number of benzene rings is 1. The highest BCUT2D eigenvalue weighted by atomic mass is 15.1. The van der Waals surface area contributed by atoms with Crippen molar-refractivity contribution in [1.82, 2.24) is 14.9 Å². The average molecular weight is 299 g/mol. The van der Waals surface area contributed by atoms with Crippen LogP contribution >= 0.6 is 0 Å². The Morgan fingerprint density at radius 1 is 1.00 bits per heavy atom. The van der Waals surface area contributed by atoms with E-state index in [0.717, 1.165) is 36.2 Å². The fourth-order valence-corrected chi connectivity index (χ4v) is 2.27. The molecule has 0 unspecified atom stereocenters. The van der Waals surface area contributed by atoms with Crippen LogP contribution in [0.1, 0.15) is 17.0 Å². The fourth-order valence-electron chi connectivity index (χ4n) is 2.27. The molecule has 0 spiro atoms. The largest absolute Gasteiger partial charge is 0.369 e. The Morgan fingerprint density at radius 2 is 1.64 bits per heavy atom. The van der Waals surface area contributed by atoms with Gasteiger partial charge in [0.15, 0.2) is 0 Å². The molecule has 22 heavy (non-hydrogen) atoms. The van der Waals surface area contributed by atoms with Gasteiger partial charge in [-0.3, -0.25) is 0 Å². The molecule has 1 aromatic heterocycles. The number of nitrogens with one attached hydrogen (secondary N) is 2. The maximum absolute atomic E-state index is 4.48. The third-order valence-corrected chi connectivity index (χ3v) is 3.44. The third kappa shape index (κ3) is 4.43. The van der Waals surface area contributed by atoms with E-state index in [2.05, 4.69) is 71.6 Å². The van der Waals surface area contributed by atoms with E-state index in [-0.39, 0.29) is 0 Å². The van der Waals surface area contributed by atoms with Crippen molar-refractivity contribution < 1.29 is 0 Å². The topological polar surface area (TPSA) is 53.1 Å². The van der Waals surface area contributed by atoms with Crippen molar-refractivity contribution in [2.45, 2.75) is 20.8 Å². The lowest BCUT2D eigenvalue weighted by Crippen LogP contribution is -2.21.